The topological polar surface area (TPSA) is 87.4 Å². The number of aromatic amines is 1. The van der Waals surface area contributed by atoms with Gasteiger partial charge < -0.3 is 0 Å². The summed E-state index contributed by atoms with van der Waals surface area (Å²) in [4.78, 5) is 16.0. The molecule has 102 valence electrons. The van der Waals surface area contributed by atoms with Crippen molar-refractivity contribution in [2.24, 2.45) is 7.05 Å². The van der Waals surface area contributed by atoms with Gasteiger partial charge in [-0.15, -0.1) is 5.10 Å². The van der Waals surface area contributed by atoms with Gasteiger partial charge in [0.1, 0.15) is 11.1 Å². The number of nitrogens with zero attached hydrogens (tertiary/aromatic N) is 4. The van der Waals surface area contributed by atoms with Gasteiger partial charge >= 0.3 is 5.69 Å². The van der Waals surface area contributed by atoms with E-state index in [0.29, 0.717) is 15.7 Å². The van der Waals surface area contributed by atoms with Gasteiger partial charge in [-0.25, -0.2) is 14.9 Å². The lowest BCUT2D eigenvalue weighted by Crippen LogP contribution is -2.13. The Labute approximate surface area is 119 Å². The van der Waals surface area contributed by atoms with Gasteiger partial charge in [-0.1, -0.05) is 0 Å². The van der Waals surface area contributed by atoms with Crippen molar-refractivity contribution >= 4 is 11.8 Å². The van der Waals surface area contributed by atoms with Gasteiger partial charge in [-0.05, 0) is 49.1 Å². The maximum absolute atomic E-state index is 11.4. The average Bonchev–Trinajstić information content (AvgIpc) is 2.78. The minimum Gasteiger partial charge on any atom is -0.273 e. The molecule has 1 N–H and O–H groups in total. The molecule has 0 fully saturated rings. The molecule has 6 nitrogen and oxygen atoms in total. The molecule has 0 aliphatic heterocycles. The summed E-state index contributed by atoms with van der Waals surface area (Å²) in [5, 5.41) is 16.7. The third-order valence-electron chi connectivity index (χ3n) is 3.41. The van der Waals surface area contributed by atoms with Gasteiger partial charge in [-0.2, -0.15) is 5.26 Å². The lowest BCUT2D eigenvalue weighted by molar-refractivity contribution is 0.659. The van der Waals surface area contributed by atoms with Gasteiger partial charge in [0, 0.05) is 12.7 Å². The van der Waals surface area contributed by atoms with E-state index in [0.717, 1.165) is 31.4 Å². The van der Waals surface area contributed by atoms with Crippen molar-refractivity contribution < 1.29 is 0 Å². The van der Waals surface area contributed by atoms with E-state index in [1.807, 2.05) is 6.07 Å². The molecule has 2 heterocycles. The second kappa shape index (κ2) is 5.13. The van der Waals surface area contributed by atoms with Crippen molar-refractivity contribution in [3.8, 4) is 6.07 Å². The summed E-state index contributed by atoms with van der Waals surface area (Å²) in [5.41, 5.74) is 2.52. The second-order valence-corrected chi connectivity index (χ2v) is 5.69. The summed E-state index contributed by atoms with van der Waals surface area (Å²) in [6.45, 7) is 0. The predicted molar refractivity (Wildman–Crippen MR) is 73.5 cm³/mol. The second-order valence-electron chi connectivity index (χ2n) is 4.74. The third-order valence-corrected chi connectivity index (χ3v) is 4.47. The molecule has 0 amide bonds. The Balaban J connectivity index is 2.02. The highest BCUT2D eigenvalue weighted by Crippen LogP contribution is 2.30. The number of hydrogen-bond acceptors (Lipinski definition) is 5. The summed E-state index contributed by atoms with van der Waals surface area (Å²) in [5.74, 6) is 0. The standard InChI is InChI=1S/C13H13N5OS/c1-18-12(19)16-17-13(18)20-11-9(7-14)6-8-4-2-3-5-10(8)15-11/h6H,2-5H2,1H3,(H,16,19). The average molecular weight is 287 g/mol. The predicted octanol–water partition coefficient (Wildman–Crippen LogP) is 1.41. The summed E-state index contributed by atoms with van der Waals surface area (Å²) >= 11 is 1.25. The Hall–Kier alpha value is -2.07. The molecule has 0 bridgehead atoms. The monoisotopic (exact) mass is 287 g/mol. The Bertz CT molecular complexity index is 755. The zero-order chi connectivity index (χ0) is 14.1. The lowest BCUT2D eigenvalue weighted by Gasteiger charge is -2.16. The van der Waals surface area contributed by atoms with Crippen LogP contribution in [0.15, 0.2) is 21.0 Å². The van der Waals surface area contributed by atoms with Crippen molar-refractivity contribution in [1.29, 1.82) is 5.26 Å². The molecule has 2 aromatic rings. The maximum atomic E-state index is 11.4. The van der Waals surface area contributed by atoms with Crippen LogP contribution in [0.4, 0.5) is 0 Å². The van der Waals surface area contributed by atoms with Gasteiger partial charge in [0.05, 0.1) is 5.56 Å². The largest absolute Gasteiger partial charge is 0.343 e. The van der Waals surface area contributed by atoms with Crippen molar-refractivity contribution in [1.82, 2.24) is 19.7 Å². The molecule has 0 atom stereocenters. The van der Waals surface area contributed by atoms with Crippen molar-refractivity contribution in [2.75, 3.05) is 0 Å². The number of nitriles is 1. The molecule has 0 spiro atoms. The first kappa shape index (κ1) is 12.9. The summed E-state index contributed by atoms with van der Waals surface area (Å²) in [7, 11) is 1.64. The van der Waals surface area contributed by atoms with Crippen LogP contribution in [0.2, 0.25) is 0 Å². The fraction of sp³-hybridized carbons (Fsp3) is 0.385. The van der Waals surface area contributed by atoms with Crippen LogP contribution in [0.25, 0.3) is 0 Å². The molecule has 0 saturated heterocycles. The van der Waals surface area contributed by atoms with Gasteiger partial charge in [0.15, 0.2) is 5.16 Å². The van der Waals surface area contributed by atoms with Gasteiger partial charge in [-0.3, -0.25) is 4.57 Å². The number of nitrogens with one attached hydrogen (secondary N) is 1. The summed E-state index contributed by atoms with van der Waals surface area (Å²) in [6, 6.07) is 4.11. The van der Waals surface area contributed by atoms with Gasteiger partial charge in [0.25, 0.3) is 0 Å². The van der Waals surface area contributed by atoms with E-state index in [4.69, 9.17) is 0 Å². The first-order chi connectivity index (χ1) is 9.69. The number of aromatic nitrogens is 4. The molecular formula is C13H13N5OS. The normalized spacial score (nSPS) is 13.8. The minimum absolute atomic E-state index is 0.274. The van der Waals surface area contributed by atoms with E-state index in [9.17, 15) is 10.1 Å². The van der Waals surface area contributed by atoms with Crippen LogP contribution in [0.3, 0.4) is 0 Å². The van der Waals surface area contributed by atoms with Gasteiger partial charge in [0.2, 0.25) is 0 Å². The van der Waals surface area contributed by atoms with Crippen LogP contribution >= 0.6 is 11.8 Å². The number of aryl methyl sites for hydroxylation is 2. The number of pyridine rings is 1. The first-order valence-electron chi connectivity index (χ1n) is 6.41. The number of rotatable bonds is 2. The van der Waals surface area contributed by atoms with Crippen LogP contribution in [0.1, 0.15) is 29.7 Å². The highest BCUT2D eigenvalue weighted by atomic mass is 32.2. The zero-order valence-corrected chi connectivity index (χ0v) is 11.8. The Morgan fingerprint density at radius 3 is 2.95 bits per heavy atom. The Morgan fingerprint density at radius 2 is 2.25 bits per heavy atom. The highest BCUT2D eigenvalue weighted by Gasteiger charge is 2.17. The first-order valence-corrected chi connectivity index (χ1v) is 7.23. The molecule has 2 aromatic heterocycles. The van der Waals surface area contributed by atoms with Crippen molar-refractivity contribution in [2.45, 2.75) is 35.9 Å². The number of fused-ring (bicyclic) bond motifs is 1. The van der Waals surface area contributed by atoms with Crippen LogP contribution in [-0.4, -0.2) is 19.7 Å². The van der Waals surface area contributed by atoms with Crippen molar-refractivity contribution in [3.05, 3.63) is 33.4 Å². The molecule has 7 heteroatoms. The van der Waals surface area contributed by atoms with Crippen LogP contribution in [0.5, 0.6) is 0 Å². The lowest BCUT2D eigenvalue weighted by atomic mass is 9.95. The van der Waals surface area contributed by atoms with E-state index in [-0.39, 0.29) is 5.69 Å². The fourth-order valence-corrected chi connectivity index (χ4v) is 3.14. The van der Waals surface area contributed by atoms with E-state index in [2.05, 4.69) is 21.3 Å². The van der Waals surface area contributed by atoms with Crippen molar-refractivity contribution in [3.63, 3.8) is 0 Å². The molecule has 1 aliphatic rings. The third kappa shape index (κ3) is 2.23. The number of H-pyrrole nitrogens is 1. The summed E-state index contributed by atoms with van der Waals surface area (Å²) in [6.07, 6.45) is 4.23. The van der Waals surface area contributed by atoms with Crippen LogP contribution in [-0.2, 0) is 19.9 Å². The molecule has 0 aromatic carbocycles. The van der Waals surface area contributed by atoms with Crippen LogP contribution in [0, 0.1) is 11.3 Å². The smallest absolute Gasteiger partial charge is 0.273 e. The Morgan fingerprint density at radius 1 is 1.45 bits per heavy atom. The number of hydrogen-bond donors (Lipinski definition) is 1. The molecule has 0 saturated carbocycles. The van der Waals surface area contributed by atoms with E-state index < -0.39 is 0 Å². The molecule has 0 unspecified atom stereocenters. The van der Waals surface area contributed by atoms with E-state index in [1.165, 1.54) is 21.9 Å². The molecule has 20 heavy (non-hydrogen) atoms. The molecular weight excluding hydrogens is 274 g/mol. The fourth-order valence-electron chi connectivity index (χ4n) is 2.28. The minimum atomic E-state index is -0.274. The van der Waals surface area contributed by atoms with E-state index in [1.54, 1.807) is 7.05 Å². The Kier molecular flexibility index (Phi) is 3.32. The molecule has 3 rings (SSSR count). The SMILES string of the molecule is Cn1c(Sc2nc3c(cc2C#N)CCCC3)n[nH]c1=O. The molecule has 0 radical (unpaired) electrons. The zero-order valence-electron chi connectivity index (χ0n) is 11.0. The van der Waals surface area contributed by atoms with Crippen LogP contribution < -0.4 is 5.69 Å². The van der Waals surface area contributed by atoms with E-state index >= 15 is 0 Å². The maximum Gasteiger partial charge on any atom is 0.343 e. The summed E-state index contributed by atoms with van der Waals surface area (Å²) < 4.78 is 1.41. The highest BCUT2D eigenvalue weighted by molar-refractivity contribution is 7.99. The molecule has 1 aliphatic carbocycles. The quantitative estimate of drug-likeness (QED) is 0.902.